The fourth-order valence-corrected chi connectivity index (χ4v) is 6.91. The zero-order chi connectivity index (χ0) is 13.3. The predicted octanol–water partition coefficient (Wildman–Crippen LogP) is 5.86. The van der Waals surface area contributed by atoms with E-state index in [1.54, 1.807) is 0 Å². The smallest absolute Gasteiger partial charge is 0.134 e. The van der Waals surface area contributed by atoms with Crippen LogP contribution in [0.2, 0.25) is 10.6 Å². The van der Waals surface area contributed by atoms with Gasteiger partial charge in [0.15, 0.2) is 0 Å². The highest BCUT2D eigenvalue weighted by Crippen LogP contribution is 2.24. The van der Waals surface area contributed by atoms with E-state index < -0.39 is 14.1 Å². The van der Waals surface area contributed by atoms with E-state index >= 15 is 0 Å². The highest BCUT2D eigenvalue weighted by atomic mass is 27.2. The molecule has 0 heterocycles. The molecule has 0 aliphatic rings. The Labute approximate surface area is 114 Å². The van der Waals surface area contributed by atoms with Crippen LogP contribution in [0.1, 0.15) is 67.2 Å². The number of rotatable bonds is 9. The Bertz CT molecular complexity index is 194. The molecule has 0 radical (unpaired) electrons. The average Bonchev–Trinajstić information content (AvgIpc) is 2.22. The van der Waals surface area contributed by atoms with Crippen molar-refractivity contribution in [1.29, 1.82) is 0 Å². The average molecular weight is 252 g/mol. The molecule has 0 saturated carbocycles. The van der Waals surface area contributed by atoms with Crippen LogP contribution in [-0.4, -0.2) is 14.1 Å². The van der Waals surface area contributed by atoms with Crippen molar-refractivity contribution in [1.82, 2.24) is 0 Å². The lowest BCUT2D eigenvalue weighted by atomic mass is 10.2. The molecule has 0 saturated heterocycles. The SMILES string of the molecule is CC/C=[C](\CCCC)[Al]([CH2]C(C)C)[CH2]C(C)C. The van der Waals surface area contributed by atoms with E-state index in [2.05, 4.69) is 47.6 Å². The Morgan fingerprint density at radius 1 is 1.00 bits per heavy atom. The topological polar surface area (TPSA) is 0 Å². The third-order valence-electron chi connectivity index (χ3n) is 3.32. The van der Waals surface area contributed by atoms with Gasteiger partial charge < -0.3 is 0 Å². The molecule has 0 unspecified atom stereocenters. The van der Waals surface area contributed by atoms with Crippen LogP contribution >= 0.6 is 0 Å². The van der Waals surface area contributed by atoms with Gasteiger partial charge >= 0.3 is 0 Å². The molecule has 0 amide bonds. The van der Waals surface area contributed by atoms with Gasteiger partial charge in [-0.1, -0.05) is 76.8 Å². The highest BCUT2D eigenvalue weighted by Gasteiger charge is 2.23. The molecule has 100 valence electrons. The first kappa shape index (κ1) is 17.3. The molecule has 0 aromatic rings. The molecule has 0 fully saturated rings. The van der Waals surface area contributed by atoms with Gasteiger partial charge in [0.05, 0.1) is 0 Å². The summed E-state index contributed by atoms with van der Waals surface area (Å²) in [4.78, 5) is 0. The van der Waals surface area contributed by atoms with Crippen LogP contribution in [0.25, 0.3) is 0 Å². The van der Waals surface area contributed by atoms with Gasteiger partial charge in [0.1, 0.15) is 0 Å². The first-order valence-corrected chi connectivity index (χ1v) is 9.91. The number of unbranched alkanes of at least 4 members (excludes halogenated alkanes) is 1. The zero-order valence-electron chi connectivity index (χ0n) is 13.1. The second kappa shape index (κ2) is 10.2. The molecule has 0 spiro atoms. The van der Waals surface area contributed by atoms with Crippen molar-refractivity contribution in [3.8, 4) is 0 Å². The summed E-state index contributed by atoms with van der Waals surface area (Å²) in [6.07, 6.45) is 7.92. The van der Waals surface area contributed by atoms with Crippen LogP contribution in [0.15, 0.2) is 10.5 Å². The maximum absolute atomic E-state index is 2.57. The minimum Gasteiger partial charge on any atom is -0.134 e. The van der Waals surface area contributed by atoms with Gasteiger partial charge in [0.25, 0.3) is 14.1 Å². The van der Waals surface area contributed by atoms with Crippen LogP contribution in [-0.2, 0) is 0 Å². The molecule has 0 bridgehead atoms. The van der Waals surface area contributed by atoms with E-state index in [0.717, 1.165) is 11.8 Å². The molecule has 0 aromatic heterocycles. The van der Waals surface area contributed by atoms with Crippen LogP contribution < -0.4 is 0 Å². The second-order valence-electron chi connectivity index (χ2n) is 6.25. The summed E-state index contributed by atoms with van der Waals surface area (Å²) in [6, 6.07) is 0. The minimum absolute atomic E-state index is 0.653. The summed E-state index contributed by atoms with van der Waals surface area (Å²) in [5.74, 6) is 1.76. The van der Waals surface area contributed by atoms with Crippen molar-refractivity contribution in [3.05, 3.63) is 10.5 Å². The number of hydrogen-bond acceptors (Lipinski definition) is 0. The van der Waals surface area contributed by atoms with Crippen LogP contribution in [0.5, 0.6) is 0 Å². The van der Waals surface area contributed by atoms with Gasteiger partial charge in [-0.05, 0) is 12.8 Å². The summed E-state index contributed by atoms with van der Waals surface area (Å²) in [7, 11) is 0. The van der Waals surface area contributed by atoms with Crippen molar-refractivity contribution >= 4 is 14.1 Å². The maximum Gasteiger partial charge on any atom is 0.299 e. The molecule has 1 heteroatoms. The fraction of sp³-hybridized carbons (Fsp3) is 0.875. The summed E-state index contributed by atoms with van der Waals surface area (Å²) in [5, 5.41) is 3.02. The van der Waals surface area contributed by atoms with E-state index in [1.807, 2.05) is 4.44 Å². The van der Waals surface area contributed by atoms with Gasteiger partial charge in [-0.15, -0.1) is 10.5 Å². The largest absolute Gasteiger partial charge is 0.299 e. The van der Waals surface area contributed by atoms with Crippen molar-refractivity contribution in [2.75, 3.05) is 0 Å². The summed E-state index contributed by atoms with van der Waals surface area (Å²) >= 11 is -0.653. The summed E-state index contributed by atoms with van der Waals surface area (Å²) in [5.41, 5.74) is 0. The zero-order valence-corrected chi connectivity index (χ0v) is 14.2. The first-order chi connectivity index (χ1) is 8.01. The molecule has 0 aromatic carbocycles. The molecule has 0 rings (SSSR count). The van der Waals surface area contributed by atoms with Crippen LogP contribution in [0.3, 0.4) is 0 Å². The van der Waals surface area contributed by atoms with Crippen molar-refractivity contribution in [2.45, 2.75) is 77.8 Å². The Kier molecular flexibility index (Phi) is 10.4. The molecule has 0 atom stereocenters. The lowest BCUT2D eigenvalue weighted by molar-refractivity contribution is 0.687. The lowest BCUT2D eigenvalue weighted by Crippen LogP contribution is -2.21. The highest BCUT2D eigenvalue weighted by molar-refractivity contribution is 6.66. The molecule has 0 N–H and O–H groups in total. The number of allylic oxidation sites excluding steroid dienone is 2. The Morgan fingerprint density at radius 2 is 1.53 bits per heavy atom. The van der Waals surface area contributed by atoms with E-state index in [-0.39, 0.29) is 0 Å². The van der Waals surface area contributed by atoms with Gasteiger partial charge in [0.2, 0.25) is 0 Å². The normalized spacial score (nSPS) is 12.6. The van der Waals surface area contributed by atoms with E-state index in [9.17, 15) is 0 Å². The summed E-state index contributed by atoms with van der Waals surface area (Å²) < 4.78 is 1.89. The lowest BCUT2D eigenvalue weighted by Gasteiger charge is -2.20. The van der Waals surface area contributed by atoms with Crippen molar-refractivity contribution < 1.29 is 0 Å². The van der Waals surface area contributed by atoms with Gasteiger partial charge in [0, 0.05) is 0 Å². The van der Waals surface area contributed by atoms with E-state index in [1.165, 1.54) is 36.2 Å². The quantitative estimate of drug-likeness (QED) is 0.451. The molecule has 17 heavy (non-hydrogen) atoms. The number of hydrogen-bond donors (Lipinski definition) is 0. The fourth-order valence-electron chi connectivity index (χ4n) is 2.65. The second-order valence-corrected chi connectivity index (χ2v) is 9.33. The monoisotopic (exact) mass is 252 g/mol. The predicted molar refractivity (Wildman–Crippen MR) is 82.9 cm³/mol. The Morgan fingerprint density at radius 3 is 1.88 bits per heavy atom. The molecular formula is C16H33Al. The van der Waals surface area contributed by atoms with E-state index in [0.29, 0.717) is 0 Å². The molecule has 0 aliphatic carbocycles. The minimum atomic E-state index is -0.653. The Hall–Kier alpha value is 0.272. The van der Waals surface area contributed by atoms with Gasteiger partial charge in [-0.3, -0.25) is 0 Å². The Balaban J connectivity index is 4.61. The van der Waals surface area contributed by atoms with Gasteiger partial charge in [-0.25, -0.2) is 0 Å². The summed E-state index contributed by atoms with van der Waals surface area (Å²) in [6.45, 7) is 14.2. The third kappa shape index (κ3) is 8.92. The van der Waals surface area contributed by atoms with E-state index in [4.69, 9.17) is 0 Å². The first-order valence-electron chi connectivity index (χ1n) is 7.70. The van der Waals surface area contributed by atoms with Crippen LogP contribution in [0.4, 0.5) is 0 Å². The molecular weight excluding hydrogens is 219 g/mol. The van der Waals surface area contributed by atoms with Crippen molar-refractivity contribution in [2.24, 2.45) is 11.8 Å². The standard InChI is InChI=1S/C8H15.2C4H9.Al/c1-3-5-7-8-6-4-2;2*1-4(2)3;/h5H,3-4,6,8H2,1-2H3;2*4H,1H2,2-3H3;. The molecule has 0 aliphatic heterocycles. The molecule has 0 nitrogen and oxygen atoms in total. The third-order valence-corrected chi connectivity index (χ3v) is 7.92. The van der Waals surface area contributed by atoms with Gasteiger partial charge in [-0.2, -0.15) is 0 Å². The van der Waals surface area contributed by atoms with Crippen molar-refractivity contribution in [3.63, 3.8) is 0 Å². The maximum atomic E-state index is 2.57. The van der Waals surface area contributed by atoms with Crippen LogP contribution in [0, 0.1) is 11.8 Å².